The molecule has 2 aromatic rings. The molecule has 0 saturated heterocycles. The maximum Gasteiger partial charge on any atom is 0.148 e. The van der Waals surface area contributed by atoms with E-state index in [2.05, 4.69) is 11.6 Å². The molecule has 0 radical (unpaired) electrons. The smallest absolute Gasteiger partial charge is 0.148 e. The number of ether oxygens (including phenoxy) is 1. The first-order valence-corrected chi connectivity index (χ1v) is 9.41. The minimum Gasteiger partial charge on any atom is -0.496 e. The average molecular weight is 371 g/mol. The number of benzene rings is 1. The molecule has 1 N–H and O–H groups in total. The van der Waals surface area contributed by atoms with E-state index in [0.29, 0.717) is 11.5 Å². The van der Waals surface area contributed by atoms with Crippen LogP contribution in [0.25, 0.3) is 17.1 Å². The van der Waals surface area contributed by atoms with Crippen LogP contribution in [0.4, 0.5) is 0 Å². The fourth-order valence-electron chi connectivity index (χ4n) is 2.22. The van der Waals surface area contributed by atoms with Gasteiger partial charge >= 0.3 is 0 Å². The Morgan fingerprint density at radius 3 is 2.30 bits per heavy atom. The maximum atomic E-state index is 9.46. The molecule has 1 heterocycles. The maximum absolute atomic E-state index is 9.46. The highest BCUT2D eigenvalue weighted by Gasteiger charge is 2.15. The topological polar surface area (TPSA) is 47.3 Å². The SMILES string of the molecule is C=C/C(=C\C=C(C)C)n1cc(CO)nc1-c1ccccc1OC.CC.CC. The highest BCUT2D eigenvalue weighted by molar-refractivity contribution is 5.71. The van der Waals surface area contributed by atoms with Crippen LogP contribution in [-0.2, 0) is 6.61 Å². The number of rotatable bonds is 6. The first-order valence-electron chi connectivity index (χ1n) is 9.41. The first kappa shape index (κ1) is 24.4. The van der Waals surface area contributed by atoms with Gasteiger partial charge in [-0.1, -0.05) is 58.1 Å². The lowest BCUT2D eigenvalue weighted by atomic mass is 10.2. The zero-order chi connectivity index (χ0) is 20.8. The quantitative estimate of drug-likeness (QED) is 0.625. The van der Waals surface area contributed by atoms with Crippen molar-refractivity contribution in [2.24, 2.45) is 0 Å². The zero-order valence-corrected chi connectivity index (χ0v) is 17.8. The number of aliphatic hydroxyl groups excluding tert-OH is 1. The summed E-state index contributed by atoms with van der Waals surface area (Å²) in [6.07, 6.45) is 7.57. The van der Waals surface area contributed by atoms with Crippen molar-refractivity contribution >= 4 is 5.70 Å². The molecule has 2 rings (SSSR count). The van der Waals surface area contributed by atoms with E-state index in [1.807, 2.05) is 88.7 Å². The van der Waals surface area contributed by atoms with Crippen LogP contribution in [0.3, 0.4) is 0 Å². The van der Waals surface area contributed by atoms with E-state index in [1.165, 1.54) is 5.57 Å². The Morgan fingerprint density at radius 2 is 1.78 bits per heavy atom. The fraction of sp³-hybridized carbons (Fsp3) is 0.348. The van der Waals surface area contributed by atoms with Crippen LogP contribution in [-0.4, -0.2) is 21.8 Å². The monoisotopic (exact) mass is 370 g/mol. The summed E-state index contributed by atoms with van der Waals surface area (Å²) in [6, 6.07) is 7.68. The molecule has 0 aliphatic rings. The number of para-hydroxylation sites is 1. The lowest BCUT2D eigenvalue weighted by Crippen LogP contribution is -1.98. The highest BCUT2D eigenvalue weighted by Crippen LogP contribution is 2.31. The molecule has 0 fully saturated rings. The van der Waals surface area contributed by atoms with Gasteiger partial charge in [-0.05, 0) is 38.1 Å². The van der Waals surface area contributed by atoms with E-state index >= 15 is 0 Å². The van der Waals surface area contributed by atoms with E-state index < -0.39 is 0 Å². The summed E-state index contributed by atoms with van der Waals surface area (Å²) < 4.78 is 7.35. The van der Waals surface area contributed by atoms with Crippen LogP contribution in [0.1, 0.15) is 47.2 Å². The van der Waals surface area contributed by atoms with Crippen LogP contribution >= 0.6 is 0 Å². The number of nitrogens with zero attached hydrogens (tertiary/aromatic N) is 2. The minimum atomic E-state index is -0.123. The molecule has 0 amide bonds. The number of hydrogen-bond acceptors (Lipinski definition) is 3. The molecule has 4 nitrogen and oxygen atoms in total. The Bertz CT molecular complexity index is 751. The summed E-state index contributed by atoms with van der Waals surface area (Å²) >= 11 is 0. The normalized spacial score (nSPS) is 10.0. The summed E-state index contributed by atoms with van der Waals surface area (Å²) in [5, 5.41) is 9.46. The third-order valence-corrected chi connectivity index (χ3v) is 3.34. The third kappa shape index (κ3) is 6.91. The standard InChI is InChI=1S/C19H22N2O2.2C2H6/c1-5-16(11-10-14(2)3)21-12-15(13-22)20-19(21)17-8-6-7-9-18(17)23-4;2*1-2/h5-12,22H,1,13H2,2-4H3;2*1-2H3/b16-11+;;. The summed E-state index contributed by atoms with van der Waals surface area (Å²) in [6.45, 7) is 15.8. The van der Waals surface area contributed by atoms with E-state index in [4.69, 9.17) is 4.74 Å². The van der Waals surface area contributed by atoms with Crippen LogP contribution < -0.4 is 4.74 Å². The Morgan fingerprint density at radius 1 is 1.15 bits per heavy atom. The van der Waals surface area contributed by atoms with Crippen molar-refractivity contribution in [1.82, 2.24) is 9.55 Å². The Labute approximate surface area is 164 Å². The van der Waals surface area contributed by atoms with Crippen LogP contribution in [0.2, 0.25) is 0 Å². The predicted molar refractivity (Wildman–Crippen MR) is 117 cm³/mol. The van der Waals surface area contributed by atoms with Crippen LogP contribution in [0, 0.1) is 0 Å². The molecule has 0 unspecified atom stereocenters. The van der Waals surface area contributed by atoms with Gasteiger partial charge in [0.15, 0.2) is 0 Å². The van der Waals surface area contributed by atoms with Gasteiger partial charge in [0.25, 0.3) is 0 Å². The zero-order valence-electron chi connectivity index (χ0n) is 17.8. The van der Waals surface area contributed by atoms with Gasteiger partial charge in [-0.15, -0.1) is 0 Å². The molecular formula is C23H34N2O2. The minimum absolute atomic E-state index is 0.123. The summed E-state index contributed by atoms with van der Waals surface area (Å²) in [4.78, 5) is 4.53. The van der Waals surface area contributed by atoms with Crippen LogP contribution in [0.15, 0.2) is 60.8 Å². The number of aromatic nitrogens is 2. The Hall–Kier alpha value is -2.59. The average Bonchev–Trinajstić information content (AvgIpc) is 3.15. The van der Waals surface area contributed by atoms with Crippen molar-refractivity contribution in [2.75, 3.05) is 7.11 Å². The van der Waals surface area contributed by atoms with E-state index in [0.717, 1.165) is 17.0 Å². The summed E-state index contributed by atoms with van der Waals surface area (Å²) in [5.41, 5.74) is 3.51. The van der Waals surface area contributed by atoms with E-state index in [9.17, 15) is 5.11 Å². The molecular weight excluding hydrogens is 336 g/mol. The van der Waals surface area contributed by atoms with Gasteiger partial charge in [-0.25, -0.2) is 4.98 Å². The van der Waals surface area contributed by atoms with Crippen molar-refractivity contribution in [1.29, 1.82) is 0 Å². The van der Waals surface area contributed by atoms with Crippen molar-refractivity contribution in [2.45, 2.75) is 48.1 Å². The van der Waals surface area contributed by atoms with E-state index in [1.54, 1.807) is 13.2 Å². The highest BCUT2D eigenvalue weighted by atomic mass is 16.5. The molecule has 0 aliphatic carbocycles. The molecule has 0 saturated carbocycles. The third-order valence-electron chi connectivity index (χ3n) is 3.34. The van der Waals surface area contributed by atoms with Crippen molar-refractivity contribution in [3.05, 3.63) is 66.5 Å². The van der Waals surface area contributed by atoms with E-state index in [-0.39, 0.29) is 6.61 Å². The van der Waals surface area contributed by atoms with Gasteiger partial charge in [-0.2, -0.15) is 0 Å². The van der Waals surface area contributed by atoms with Gasteiger partial charge < -0.3 is 9.84 Å². The Kier molecular flexibility index (Phi) is 12.3. The van der Waals surface area contributed by atoms with Gasteiger partial charge in [0, 0.05) is 11.9 Å². The second-order valence-electron chi connectivity index (χ2n) is 5.32. The molecule has 4 heteroatoms. The van der Waals surface area contributed by atoms with Crippen molar-refractivity contribution in [3.8, 4) is 17.1 Å². The van der Waals surface area contributed by atoms with Crippen molar-refractivity contribution < 1.29 is 9.84 Å². The summed E-state index contributed by atoms with van der Waals surface area (Å²) in [7, 11) is 1.63. The summed E-state index contributed by atoms with van der Waals surface area (Å²) in [5.74, 6) is 1.44. The molecule has 27 heavy (non-hydrogen) atoms. The number of allylic oxidation sites excluding steroid dienone is 5. The number of aliphatic hydroxyl groups is 1. The largest absolute Gasteiger partial charge is 0.496 e. The van der Waals surface area contributed by atoms with Crippen molar-refractivity contribution in [3.63, 3.8) is 0 Å². The molecule has 0 aliphatic heterocycles. The van der Waals surface area contributed by atoms with Gasteiger partial charge in [0.1, 0.15) is 11.6 Å². The second kappa shape index (κ2) is 13.6. The second-order valence-corrected chi connectivity index (χ2v) is 5.32. The lowest BCUT2D eigenvalue weighted by Gasteiger charge is -2.11. The molecule has 0 spiro atoms. The van der Waals surface area contributed by atoms with Gasteiger partial charge in [0.2, 0.25) is 0 Å². The molecule has 1 aromatic heterocycles. The number of hydrogen-bond donors (Lipinski definition) is 1. The first-order chi connectivity index (χ1) is 13.1. The molecule has 148 valence electrons. The molecule has 1 aromatic carbocycles. The lowest BCUT2D eigenvalue weighted by molar-refractivity contribution is 0.277. The molecule has 0 bridgehead atoms. The number of methoxy groups -OCH3 is 1. The fourth-order valence-corrected chi connectivity index (χ4v) is 2.22. The number of imidazole rings is 1. The Balaban J connectivity index is 0.00000158. The molecule has 0 atom stereocenters. The predicted octanol–water partition coefficient (Wildman–Crippen LogP) is 6.10. The van der Waals surface area contributed by atoms with Gasteiger partial charge in [-0.3, -0.25) is 4.57 Å². The van der Waals surface area contributed by atoms with Gasteiger partial charge in [0.05, 0.1) is 25.0 Å². The van der Waals surface area contributed by atoms with Crippen LogP contribution in [0.5, 0.6) is 5.75 Å².